The molecule has 9 nitrogen and oxygen atoms in total. The lowest BCUT2D eigenvalue weighted by molar-refractivity contribution is -0.111. The minimum Gasteiger partial charge on any atom is -0.497 e. The van der Waals surface area contributed by atoms with Gasteiger partial charge in [-0.05, 0) is 28.8 Å². The minimum absolute atomic E-state index is 0.223. The van der Waals surface area contributed by atoms with Gasteiger partial charge in [0.15, 0.2) is 16.9 Å². The molecule has 0 saturated carbocycles. The van der Waals surface area contributed by atoms with Crippen molar-refractivity contribution < 1.29 is 14.6 Å². The van der Waals surface area contributed by atoms with Crippen molar-refractivity contribution >= 4 is 11.2 Å². The molecule has 1 aliphatic rings. The molecule has 1 saturated heterocycles. The molecule has 0 spiro atoms. The molecule has 1 aliphatic heterocycles. The van der Waals surface area contributed by atoms with Crippen molar-refractivity contribution in [2.24, 2.45) is 0 Å². The van der Waals surface area contributed by atoms with Crippen LogP contribution in [0.3, 0.4) is 0 Å². The summed E-state index contributed by atoms with van der Waals surface area (Å²) in [5.74, 6) is 0.477. The zero-order valence-corrected chi connectivity index (χ0v) is 22.1. The number of H-pyrrole nitrogens is 1. The van der Waals surface area contributed by atoms with Gasteiger partial charge in [0, 0.05) is 19.5 Å². The van der Waals surface area contributed by atoms with Crippen LogP contribution in [-0.2, 0) is 17.0 Å². The highest BCUT2D eigenvalue weighted by Gasteiger charge is 2.54. The first-order valence-electron chi connectivity index (χ1n) is 13.3. The van der Waals surface area contributed by atoms with Crippen LogP contribution >= 0.6 is 0 Å². The average molecular weight is 538 g/mol. The molecule has 204 valence electrons. The van der Waals surface area contributed by atoms with Crippen molar-refractivity contribution in [3.63, 3.8) is 0 Å². The van der Waals surface area contributed by atoms with Gasteiger partial charge in [-0.1, -0.05) is 72.8 Å². The van der Waals surface area contributed by atoms with Crippen LogP contribution in [-0.4, -0.2) is 50.5 Å². The third kappa shape index (κ3) is 4.79. The number of aromatic amines is 1. The van der Waals surface area contributed by atoms with Gasteiger partial charge in [-0.25, -0.2) is 9.97 Å². The van der Waals surface area contributed by atoms with E-state index in [9.17, 15) is 9.90 Å². The third-order valence-electron chi connectivity index (χ3n) is 7.58. The Bertz CT molecular complexity index is 1580. The van der Waals surface area contributed by atoms with Gasteiger partial charge < -0.3 is 24.9 Å². The largest absolute Gasteiger partial charge is 0.497 e. The molecule has 0 radical (unpaired) electrons. The van der Waals surface area contributed by atoms with Gasteiger partial charge in [-0.15, -0.1) is 0 Å². The third-order valence-corrected chi connectivity index (χ3v) is 7.58. The van der Waals surface area contributed by atoms with E-state index >= 15 is 0 Å². The number of hydrogen-bond donors (Lipinski definition) is 3. The summed E-state index contributed by atoms with van der Waals surface area (Å²) in [5.41, 5.74) is 2.31. The smallest absolute Gasteiger partial charge is 0.278 e. The maximum absolute atomic E-state index is 12.6. The maximum atomic E-state index is 12.6. The van der Waals surface area contributed by atoms with Crippen molar-refractivity contribution in [1.82, 2.24) is 24.8 Å². The number of rotatable bonds is 9. The van der Waals surface area contributed by atoms with Crippen LogP contribution in [0.1, 0.15) is 29.0 Å². The predicted molar refractivity (Wildman–Crippen MR) is 151 cm³/mol. The van der Waals surface area contributed by atoms with Crippen LogP contribution in [0.2, 0.25) is 0 Å². The van der Waals surface area contributed by atoms with Crippen LogP contribution in [0.25, 0.3) is 11.2 Å². The first-order chi connectivity index (χ1) is 19.6. The van der Waals surface area contributed by atoms with E-state index in [1.165, 1.54) is 6.33 Å². The molecule has 0 amide bonds. The van der Waals surface area contributed by atoms with Gasteiger partial charge in [0.25, 0.3) is 5.56 Å². The van der Waals surface area contributed by atoms with Crippen LogP contribution in [0.15, 0.2) is 102 Å². The van der Waals surface area contributed by atoms with Crippen LogP contribution < -0.4 is 15.6 Å². The zero-order chi connectivity index (χ0) is 27.5. The second kappa shape index (κ2) is 11.1. The summed E-state index contributed by atoms with van der Waals surface area (Å²) in [6.45, 7) is 1.03. The molecular formula is C31H31N5O4. The van der Waals surface area contributed by atoms with Crippen molar-refractivity contribution in [3.8, 4) is 5.75 Å². The summed E-state index contributed by atoms with van der Waals surface area (Å²) >= 11 is 0. The topological polar surface area (TPSA) is 114 Å². The lowest BCUT2D eigenvalue weighted by atomic mass is 9.80. The molecule has 3 heterocycles. The lowest BCUT2D eigenvalue weighted by Crippen LogP contribution is -2.42. The van der Waals surface area contributed by atoms with Gasteiger partial charge >= 0.3 is 0 Å². The summed E-state index contributed by atoms with van der Waals surface area (Å²) in [6, 6.07) is 28.0. The van der Waals surface area contributed by atoms with Crippen molar-refractivity contribution in [2.75, 3.05) is 13.7 Å². The monoisotopic (exact) mass is 537 g/mol. The van der Waals surface area contributed by atoms with Gasteiger partial charge in [0.2, 0.25) is 0 Å². The Morgan fingerprint density at radius 1 is 1.05 bits per heavy atom. The standard InChI is InChI=1S/C31H31N5O4/c1-39-24-14-12-21(13-15-24)17-32-18-26-25(37)16-31(40-26,36-20-35-28-29(36)33-19-34-30(28)38)27(22-8-4-2-5-9-22)23-10-6-3-7-11-23/h2-15,19-20,25-27,32,37H,16-18H2,1H3,(H,33,34,38)/t25-,26+,31-/m0/s1. The van der Waals surface area contributed by atoms with E-state index in [1.807, 2.05) is 65.2 Å². The highest BCUT2D eigenvalue weighted by molar-refractivity contribution is 5.69. The molecule has 1 fully saturated rings. The van der Waals surface area contributed by atoms with Crippen molar-refractivity contribution in [3.05, 3.63) is 125 Å². The molecule has 0 aliphatic carbocycles. The highest BCUT2D eigenvalue weighted by Crippen LogP contribution is 2.49. The number of fused-ring (bicyclic) bond motifs is 1. The number of benzene rings is 3. The Labute approximate surface area is 231 Å². The number of nitrogens with one attached hydrogen (secondary N) is 2. The number of aromatic nitrogens is 4. The van der Waals surface area contributed by atoms with E-state index in [-0.39, 0.29) is 23.4 Å². The maximum Gasteiger partial charge on any atom is 0.278 e. The molecule has 3 atom stereocenters. The van der Waals surface area contributed by atoms with Crippen molar-refractivity contribution in [1.29, 1.82) is 0 Å². The Balaban J connectivity index is 1.40. The van der Waals surface area contributed by atoms with E-state index < -0.39 is 17.9 Å². The van der Waals surface area contributed by atoms with E-state index in [0.717, 1.165) is 22.4 Å². The Kier molecular flexibility index (Phi) is 7.17. The first-order valence-corrected chi connectivity index (χ1v) is 13.3. The van der Waals surface area contributed by atoms with Crippen LogP contribution in [0.5, 0.6) is 5.75 Å². The minimum atomic E-state index is -1.11. The van der Waals surface area contributed by atoms with E-state index in [1.54, 1.807) is 13.4 Å². The SMILES string of the molecule is COc1ccc(CNC[C@H]2O[C@@](C(c3ccccc3)c3ccccc3)(n3cnc4c(=O)[nH]cnc43)C[C@@H]2O)cc1. The van der Waals surface area contributed by atoms with Gasteiger partial charge in [-0.3, -0.25) is 9.36 Å². The summed E-state index contributed by atoms with van der Waals surface area (Å²) in [6.07, 6.45) is 1.95. The Morgan fingerprint density at radius 3 is 2.38 bits per heavy atom. The van der Waals surface area contributed by atoms with Crippen molar-refractivity contribution in [2.45, 2.75) is 36.8 Å². The fourth-order valence-electron chi connectivity index (χ4n) is 5.71. The summed E-state index contributed by atoms with van der Waals surface area (Å²) in [7, 11) is 1.64. The zero-order valence-electron chi connectivity index (χ0n) is 22.1. The van der Waals surface area contributed by atoms with E-state index in [0.29, 0.717) is 18.7 Å². The molecule has 5 aromatic rings. The molecule has 6 rings (SSSR count). The lowest BCUT2D eigenvalue weighted by Gasteiger charge is -2.39. The van der Waals surface area contributed by atoms with Crippen LogP contribution in [0.4, 0.5) is 0 Å². The molecule has 9 heteroatoms. The van der Waals surface area contributed by atoms with Crippen LogP contribution in [0, 0.1) is 0 Å². The number of imidazole rings is 1. The van der Waals surface area contributed by atoms with Gasteiger partial charge in [0.05, 0.1) is 37.9 Å². The summed E-state index contributed by atoms with van der Waals surface area (Å²) < 4.78 is 14.0. The molecule has 0 bridgehead atoms. The second-order valence-corrected chi connectivity index (χ2v) is 10.0. The number of methoxy groups -OCH3 is 1. The fraction of sp³-hybridized carbons (Fsp3) is 0.258. The molecule has 0 unspecified atom stereocenters. The Morgan fingerprint density at radius 2 is 1.73 bits per heavy atom. The average Bonchev–Trinajstić information content (AvgIpc) is 3.57. The normalized spacial score (nSPS) is 20.8. The Hall–Kier alpha value is -4.31. The number of aliphatic hydroxyl groups is 1. The molecule has 2 aromatic heterocycles. The molecule has 3 aromatic carbocycles. The highest BCUT2D eigenvalue weighted by atomic mass is 16.5. The molecule has 3 N–H and O–H groups in total. The number of aliphatic hydroxyl groups excluding tert-OH is 1. The van der Waals surface area contributed by atoms with E-state index in [2.05, 4.69) is 44.5 Å². The van der Waals surface area contributed by atoms with Gasteiger partial charge in [-0.2, -0.15) is 0 Å². The molecular weight excluding hydrogens is 506 g/mol. The molecule has 40 heavy (non-hydrogen) atoms. The first kappa shape index (κ1) is 25.9. The quantitative estimate of drug-likeness (QED) is 0.263. The summed E-state index contributed by atoms with van der Waals surface area (Å²) in [4.78, 5) is 24.1. The second-order valence-electron chi connectivity index (χ2n) is 10.0. The fourth-order valence-corrected chi connectivity index (χ4v) is 5.71. The predicted octanol–water partition coefficient (Wildman–Crippen LogP) is 3.55. The number of ether oxygens (including phenoxy) is 2. The summed E-state index contributed by atoms with van der Waals surface area (Å²) in [5, 5.41) is 14.9. The van der Waals surface area contributed by atoms with E-state index in [4.69, 9.17) is 9.47 Å². The van der Waals surface area contributed by atoms with Gasteiger partial charge in [0.1, 0.15) is 5.75 Å². The number of hydrogen-bond acceptors (Lipinski definition) is 7. The number of nitrogens with zero attached hydrogens (tertiary/aromatic N) is 3.